The first-order valence-electron chi connectivity index (χ1n) is 8.14. The monoisotopic (exact) mass is 419 g/mol. The number of alkyl halides is 3. The van der Waals surface area contributed by atoms with Crippen LogP contribution in [0.5, 0.6) is 5.75 Å². The van der Waals surface area contributed by atoms with Crippen LogP contribution in [0.1, 0.15) is 23.5 Å². The van der Waals surface area contributed by atoms with Gasteiger partial charge in [0, 0.05) is 18.1 Å². The van der Waals surface area contributed by atoms with Crippen LogP contribution in [0.25, 0.3) is 0 Å². The van der Waals surface area contributed by atoms with E-state index >= 15 is 0 Å². The summed E-state index contributed by atoms with van der Waals surface area (Å²) in [5, 5.41) is -0.168. The molecule has 0 amide bonds. The third-order valence-corrected chi connectivity index (χ3v) is 6.76. The molecule has 1 atom stereocenters. The molecule has 4 nitrogen and oxygen atoms in total. The van der Waals surface area contributed by atoms with E-state index in [2.05, 4.69) is 0 Å². The van der Waals surface area contributed by atoms with Crippen molar-refractivity contribution in [2.24, 2.45) is 0 Å². The Hall–Kier alpha value is -1.77. The van der Waals surface area contributed by atoms with Gasteiger partial charge in [-0.3, -0.25) is 0 Å². The molecule has 0 saturated carbocycles. The highest BCUT2D eigenvalue weighted by atomic mass is 35.5. The van der Waals surface area contributed by atoms with E-state index in [1.54, 1.807) is 19.2 Å². The minimum Gasteiger partial charge on any atom is -0.497 e. The molecule has 1 aliphatic rings. The van der Waals surface area contributed by atoms with E-state index in [4.69, 9.17) is 16.3 Å². The first-order chi connectivity index (χ1) is 12.6. The van der Waals surface area contributed by atoms with Crippen molar-refractivity contribution in [2.45, 2.75) is 23.4 Å². The zero-order valence-electron chi connectivity index (χ0n) is 14.3. The lowest BCUT2D eigenvalue weighted by atomic mass is 9.99. The molecule has 146 valence electrons. The summed E-state index contributed by atoms with van der Waals surface area (Å²) in [7, 11) is -2.75. The molecule has 1 heterocycles. The molecular weight excluding hydrogens is 403 g/mol. The number of rotatable bonds is 4. The summed E-state index contributed by atoms with van der Waals surface area (Å²) >= 11 is 5.64. The largest absolute Gasteiger partial charge is 0.497 e. The summed E-state index contributed by atoms with van der Waals surface area (Å²) in [6.07, 6.45) is -4.29. The molecule has 0 aliphatic carbocycles. The summed E-state index contributed by atoms with van der Waals surface area (Å²) in [6, 6.07) is 9.93. The van der Waals surface area contributed by atoms with Crippen LogP contribution < -0.4 is 4.74 Å². The first kappa shape index (κ1) is 20.0. The topological polar surface area (TPSA) is 46.6 Å². The Morgan fingerprint density at radius 3 is 2.41 bits per heavy atom. The van der Waals surface area contributed by atoms with Crippen molar-refractivity contribution < 1.29 is 26.3 Å². The molecule has 9 heteroatoms. The molecule has 0 radical (unpaired) electrons. The summed E-state index contributed by atoms with van der Waals surface area (Å²) in [6.45, 7) is 0.271. The maximum atomic E-state index is 13.3. The molecule has 2 aromatic carbocycles. The number of ether oxygens (including phenoxy) is 1. The van der Waals surface area contributed by atoms with Crippen LogP contribution in [0.15, 0.2) is 47.4 Å². The zero-order valence-corrected chi connectivity index (χ0v) is 15.9. The summed E-state index contributed by atoms with van der Waals surface area (Å²) in [5.74, 6) is 0.588. The van der Waals surface area contributed by atoms with Crippen molar-refractivity contribution in [3.63, 3.8) is 0 Å². The fourth-order valence-corrected chi connectivity index (χ4v) is 5.05. The number of hydrogen-bond donors (Lipinski definition) is 0. The van der Waals surface area contributed by atoms with Gasteiger partial charge in [-0.2, -0.15) is 17.5 Å². The van der Waals surface area contributed by atoms with Crippen molar-refractivity contribution in [1.82, 2.24) is 4.31 Å². The smallest absolute Gasteiger partial charge is 0.417 e. The predicted molar refractivity (Wildman–Crippen MR) is 95.6 cm³/mol. The van der Waals surface area contributed by atoms with E-state index in [1.165, 1.54) is 0 Å². The molecule has 1 saturated heterocycles. The summed E-state index contributed by atoms with van der Waals surface area (Å²) in [5.41, 5.74) is -0.330. The lowest BCUT2D eigenvalue weighted by Gasteiger charge is -2.20. The zero-order chi connectivity index (χ0) is 19.8. The molecule has 1 fully saturated rings. The van der Waals surface area contributed by atoms with Crippen LogP contribution in [0.3, 0.4) is 0 Å². The number of methoxy groups -OCH3 is 1. The van der Waals surface area contributed by atoms with Crippen LogP contribution in [-0.4, -0.2) is 32.9 Å². The Balaban J connectivity index is 1.89. The Labute approximate surface area is 160 Å². The van der Waals surface area contributed by atoms with Gasteiger partial charge in [0.1, 0.15) is 5.75 Å². The van der Waals surface area contributed by atoms with Gasteiger partial charge in [0.05, 0.1) is 17.6 Å². The van der Waals surface area contributed by atoms with Gasteiger partial charge in [-0.1, -0.05) is 23.7 Å². The SMILES string of the molecule is COc1ccc(C2CCN(S(=O)(=O)c3ccc(Cl)cc3C(F)(F)F)C2)cc1. The van der Waals surface area contributed by atoms with Gasteiger partial charge < -0.3 is 4.74 Å². The minimum atomic E-state index is -4.82. The first-order valence-corrected chi connectivity index (χ1v) is 9.95. The van der Waals surface area contributed by atoms with Crippen LogP contribution in [0.2, 0.25) is 5.02 Å². The van der Waals surface area contributed by atoms with Crippen LogP contribution in [0, 0.1) is 0 Å². The molecule has 0 spiro atoms. The van der Waals surface area contributed by atoms with Gasteiger partial charge in [0.2, 0.25) is 10.0 Å². The normalized spacial score (nSPS) is 18.6. The fraction of sp³-hybridized carbons (Fsp3) is 0.333. The van der Waals surface area contributed by atoms with Crippen molar-refractivity contribution in [3.05, 3.63) is 58.6 Å². The van der Waals surface area contributed by atoms with E-state index in [-0.39, 0.29) is 24.0 Å². The molecule has 3 rings (SSSR count). The molecule has 2 aromatic rings. The van der Waals surface area contributed by atoms with Gasteiger partial charge in [0.15, 0.2) is 0 Å². The lowest BCUT2D eigenvalue weighted by Crippen LogP contribution is -2.30. The average Bonchev–Trinajstić information content (AvgIpc) is 3.12. The maximum Gasteiger partial charge on any atom is 0.417 e. The van der Waals surface area contributed by atoms with E-state index < -0.39 is 26.7 Å². The Morgan fingerprint density at radius 1 is 1.15 bits per heavy atom. The van der Waals surface area contributed by atoms with Gasteiger partial charge in [0.25, 0.3) is 0 Å². The quantitative estimate of drug-likeness (QED) is 0.730. The lowest BCUT2D eigenvalue weighted by molar-refractivity contribution is -0.139. The van der Waals surface area contributed by atoms with E-state index in [0.29, 0.717) is 18.2 Å². The van der Waals surface area contributed by atoms with E-state index in [9.17, 15) is 21.6 Å². The Kier molecular flexibility index (Phi) is 5.42. The van der Waals surface area contributed by atoms with Crippen molar-refractivity contribution in [1.29, 1.82) is 0 Å². The molecule has 1 unspecified atom stereocenters. The van der Waals surface area contributed by atoms with Gasteiger partial charge in [-0.15, -0.1) is 0 Å². The van der Waals surface area contributed by atoms with Gasteiger partial charge in [-0.05, 0) is 48.2 Å². The molecule has 0 bridgehead atoms. The second-order valence-electron chi connectivity index (χ2n) is 6.26. The summed E-state index contributed by atoms with van der Waals surface area (Å²) in [4.78, 5) is -0.769. The maximum absolute atomic E-state index is 13.3. The highest BCUT2D eigenvalue weighted by Crippen LogP contribution is 2.39. The highest BCUT2D eigenvalue weighted by Gasteiger charge is 2.41. The number of hydrogen-bond acceptors (Lipinski definition) is 3. The third-order valence-electron chi connectivity index (χ3n) is 4.60. The summed E-state index contributed by atoms with van der Waals surface area (Å²) < 4.78 is 71.8. The minimum absolute atomic E-state index is 0.0904. The van der Waals surface area contributed by atoms with E-state index in [1.807, 2.05) is 12.1 Å². The second kappa shape index (κ2) is 7.33. The standard InChI is InChI=1S/C18H17ClF3NO3S/c1-26-15-5-2-12(3-6-15)13-8-9-23(11-13)27(24,25)17-7-4-14(19)10-16(17)18(20,21)22/h2-7,10,13H,8-9,11H2,1H3. The fourth-order valence-electron chi connectivity index (χ4n) is 3.18. The average molecular weight is 420 g/mol. The second-order valence-corrected chi connectivity index (χ2v) is 8.60. The van der Waals surface area contributed by atoms with Crippen LogP contribution in [-0.2, 0) is 16.2 Å². The number of nitrogens with zero attached hydrogens (tertiary/aromatic N) is 1. The van der Waals surface area contributed by atoms with Crippen molar-refractivity contribution in [2.75, 3.05) is 20.2 Å². The number of halogens is 4. The Morgan fingerprint density at radius 2 is 1.81 bits per heavy atom. The molecule has 1 aliphatic heterocycles. The van der Waals surface area contributed by atoms with Crippen molar-refractivity contribution >= 4 is 21.6 Å². The van der Waals surface area contributed by atoms with Crippen LogP contribution >= 0.6 is 11.6 Å². The molecule has 0 N–H and O–H groups in total. The molecule has 0 aromatic heterocycles. The molecular formula is C18H17ClF3NO3S. The third kappa shape index (κ3) is 4.07. The highest BCUT2D eigenvalue weighted by molar-refractivity contribution is 7.89. The molecule has 27 heavy (non-hydrogen) atoms. The van der Waals surface area contributed by atoms with E-state index in [0.717, 1.165) is 22.0 Å². The number of benzene rings is 2. The van der Waals surface area contributed by atoms with Crippen LogP contribution in [0.4, 0.5) is 13.2 Å². The van der Waals surface area contributed by atoms with Crippen molar-refractivity contribution in [3.8, 4) is 5.75 Å². The van der Waals surface area contributed by atoms with Gasteiger partial charge in [-0.25, -0.2) is 8.42 Å². The van der Waals surface area contributed by atoms with Gasteiger partial charge >= 0.3 is 6.18 Å². The Bertz CT molecular complexity index is 930. The predicted octanol–water partition coefficient (Wildman–Crippen LogP) is 4.55. The number of sulfonamides is 1.